The minimum atomic E-state index is 0.766. The Morgan fingerprint density at radius 1 is 1.31 bits per heavy atom. The van der Waals surface area contributed by atoms with Crippen molar-refractivity contribution in [3.05, 3.63) is 0 Å². The van der Waals surface area contributed by atoms with Crippen LogP contribution in [0.15, 0.2) is 0 Å². The molecule has 0 aromatic rings. The van der Waals surface area contributed by atoms with Gasteiger partial charge in [-0.2, -0.15) is 0 Å². The lowest BCUT2D eigenvalue weighted by molar-refractivity contribution is 0.118. The van der Waals surface area contributed by atoms with Crippen LogP contribution in [-0.4, -0.2) is 36.1 Å². The smallest absolute Gasteiger partial charge is 0.0224 e. The van der Waals surface area contributed by atoms with Gasteiger partial charge in [0.15, 0.2) is 0 Å². The van der Waals surface area contributed by atoms with E-state index in [-0.39, 0.29) is 0 Å². The summed E-state index contributed by atoms with van der Waals surface area (Å²) < 4.78 is 0. The lowest BCUT2D eigenvalue weighted by atomic mass is 10.1. The average molecular weight is 222 g/mol. The molecule has 0 bridgehead atoms. The van der Waals surface area contributed by atoms with E-state index in [1.165, 1.54) is 45.2 Å². The molecular weight excluding hydrogens is 196 g/mol. The molecule has 1 saturated heterocycles. The molecule has 0 spiro atoms. The maximum Gasteiger partial charge on any atom is 0.0224 e. The van der Waals surface area contributed by atoms with Gasteiger partial charge in [0.1, 0.15) is 0 Å². The quantitative estimate of drug-likeness (QED) is 0.785. The van der Waals surface area contributed by atoms with Crippen molar-refractivity contribution in [3.63, 3.8) is 0 Å². The summed E-state index contributed by atoms with van der Waals surface area (Å²) in [6.45, 7) is 7.27. The van der Waals surface area contributed by atoms with Crippen LogP contribution in [0.25, 0.3) is 0 Å². The Morgan fingerprint density at radius 3 is 2.81 bits per heavy atom. The highest BCUT2D eigenvalue weighted by molar-refractivity contribution is 5.02. The van der Waals surface area contributed by atoms with Gasteiger partial charge in [0.2, 0.25) is 0 Å². The third kappa shape index (κ3) is 2.14. The van der Waals surface area contributed by atoms with Crippen LogP contribution in [-0.2, 0) is 0 Å². The number of hydrogen-bond acceptors (Lipinski definition) is 2. The van der Waals surface area contributed by atoms with Gasteiger partial charge in [-0.3, -0.25) is 4.90 Å². The predicted octanol–water partition coefficient (Wildman–Crippen LogP) is 2.25. The molecule has 2 nitrogen and oxygen atoms in total. The summed E-state index contributed by atoms with van der Waals surface area (Å²) in [5.41, 5.74) is 0. The molecule has 1 N–H and O–H groups in total. The van der Waals surface area contributed by atoms with Gasteiger partial charge in [0, 0.05) is 31.2 Å². The molecule has 1 aliphatic heterocycles. The van der Waals surface area contributed by atoms with Gasteiger partial charge in [-0.05, 0) is 44.4 Å². The molecule has 3 rings (SSSR count). The summed E-state index contributed by atoms with van der Waals surface area (Å²) in [5, 5.41) is 3.75. The van der Waals surface area contributed by atoms with Crippen LogP contribution in [0, 0.1) is 11.8 Å². The lowest BCUT2D eigenvalue weighted by Gasteiger charge is -2.39. The molecule has 2 heteroatoms. The second-order valence-electron chi connectivity index (χ2n) is 6.25. The van der Waals surface area contributed by atoms with Crippen molar-refractivity contribution in [1.29, 1.82) is 0 Å². The van der Waals surface area contributed by atoms with Gasteiger partial charge in [0.05, 0.1) is 0 Å². The first-order chi connectivity index (χ1) is 7.79. The number of rotatable bonds is 4. The van der Waals surface area contributed by atoms with E-state index in [2.05, 4.69) is 24.1 Å². The predicted molar refractivity (Wildman–Crippen MR) is 67.5 cm³/mol. The van der Waals surface area contributed by atoms with Crippen molar-refractivity contribution < 1.29 is 0 Å². The van der Waals surface area contributed by atoms with E-state index in [1.807, 2.05) is 0 Å². The summed E-state index contributed by atoms with van der Waals surface area (Å²) in [6.07, 6.45) is 7.25. The first-order valence-corrected chi connectivity index (χ1v) is 7.28. The molecule has 3 fully saturated rings. The van der Waals surface area contributed by atoms with E-state index in [4.69, 9.17) is 0 Å². The van der Waals surface area contributed by atoms with Crippen LogP contribution in [0.3, 0.4) is 0 Å². The fourth-order valence-electron chi connectivity index (χ4n) is 3.51. The second-order valence-corrected chi connectivity index (χ2v) is 6.25. The summed E-state index contributed by atoms with van der Waals surface area (Å²) in [4.78, 5) is 2.82. The fraction of sp³-hybridized carbons (Fsp3) is 1.00. The van der Waals surface area contributed by atoms with Crippen molar-refractivity contribution >= 4 is 0 Å². The summed E-state index contributed by atoms with van der Waals surface area (Å²) in [6, 6.07) is 2.53. The van der Waals surface area contributed by atoms with E-state index in [0.717, 1.165) is 30.0 Å². The van der Waals surface area contributed by atoms with Crippen LogP contribution in [0.1, 0.15) is 46.0 Å². The van der Waals surface area contributed by atoms with Crippen molar-refractivity contribution in [3.8, 4) is 0 Å². The van der Waals surface area contributed by atoms with Gasteiger partial charge in [-0.15, -0.1) is 0 Å². The second kappa shape index (κ2) is 4.30. The van der Waals surface area contributed by atoms with Crippen LogP contribution in [0.4, 0.5) is 0 Å². The van der Waals surface area contributed by atoms with E-state index in [1.54, 1.807) is 0 Å². The zero-order valence-corrected chi connectivity index (χ0v) is 10.8. The molecule has 0 aromatic heterocycles. The van der Waals surface area contributed by atoms with E-state index in [9.17, 15) is 0 Å². The molecular formula is C14H26N2. The first kappa shape index (κ1) is 11.0. The Bertz CT molecular complexity index is 249. The highest BCUT2D eigenvalue weighted by Crippen LogP contribution is 2.42. The van der Waals surface area contributed by atoms with Gasteiger partial charge in [-0.25, -0.2) is 0 Å². The molecule has 0 amide bonds. The van der Waals surface area contributed by atoms with Crippen molar-refractivity contribution in [2.45, 2.75) is 64.1 Å². The SMILES string of the molecule is CCCC1CC1N1CC(C2CC2)NCC1C. The van der Waals surface area contributed by atoms with Crippen LogP contribution in [0.5, 0.6) is 0 Å². The molecule has 16 heavy (non-hydrogen) atoms. The maximum atomic E-state index is 3.75. The van der Waals surface area contributed by atoms with E-state index < -0.39 is 0 Å². The highest BCUT2D eigenvalue weighted by Gasteiger charge is 2.46. The van der Waals surface area contributed by atoms with Crippen LogP contribution < -0.4 is 5.32 Å². The number of piperazine rings is 1. The Labute approximate surface area is 99.8 Å². The first-order valence-electron chi connectivity index (χ1n) is 7.28. The van der Waals surface area contributed by atoms with Crippen LogP contribution >= 0.6 is 0 Å². The number of nitrogens with zero attached hydrogens (tertiary/aromatic N) is 1. The molecule has 2 aliphatic carbocycles. The molecule has 3 aliphatic rings. The molecule has 92 valence electrons. The monoisotopic (exact) mass is 222 g/mol. The van der Waals surface area contributed by atoms with Crippen molar-refractivity contribution in [1.82, 2.24) is 10.2 Å². The third-order valence-electron chi connectivity index (χ3n) is 4.81. The molecule has 1 heterocycles. The summed E-state index contributed by atoms with van der Waals surface area (Å²) >= 11 is 0. The van der Waals surface area contributed by atoms with Gasteiger partial charge < -0.3 is 5.32 Å². The molecule has 2 saturated carbocycles. The van der Waals surface area contributed by atoms with Gasteiger partial charge in [-0.1, -0.05) is 13.3 Å². The minimum Gasteiger partial charge on any atom is -0.311 e. The Morgan fingerprint density at radius 2 is 2.12 bits per heavy atom. The fourth-order valence-corrected chi connectivity index (χ4v) is 3.51. The molecule has 4 unspecified atom stereocenters. The Hall–Kier alpha value is -0.0800. The summed E-state index contributed by atoms with van der Waals surface area (Å²) in [7, 11) is 0. The maximum absolute atomic E-state index is 3.75. The van der Waals surface area contributed by atoms with Crippen molar-refractivity contribution in [2.75, 3.05) is 13.1 Å². The topological polar surface area (TPSA) is 15.3 Å². The molecule has 0 radical (unpaired) electrons. The number of nitrogens with one attached hydrogen (secondary N) is 1. The van der Waals surface area contributed by atoms with Crippen LogP contribution in [0.2, 0.25) is 0 Å². The third-order valence-corrected chi connectivity index (χ3v) is 4.81. The Balaban J connectivity index is 1.55. The normalized spacial score (nSPS) is 44.6. The van der Waals surface area contributed by atoms with Gasteiger partial charge in [0.25, 0.3) is 0 Å². The molecule has 0 aromatic carbocycles. The molecule has 4 atom stereocenters. The van der Waals surface area contributed by atoms with E-state index in [0.29, 0.717) is 0 Å². The lowest BCUT2D eigenvalue weighted by Crippen LogP contribution is -2.57. The van der Waals surface area contributed by atoms with E-state index >= 15 is 0 Å². The van der Waals surface area contributed by atoms with Crippen molar-refractivity contribution in [2.24, 2.45) is 11.8 Å². The standard InChI is InChI=1S/C14H26N2/c1-3-4-12-7-14(12)16-9-13(11-5-6-11)15-8-10(16)2/h10-15H,3-9H2,1-2H3. The zero-order chi connectivity index (χ0) is 11.1. The largest absolute Gasteiger partial charge is 0.311 e. The minimum absolute atomic E-state index is 0.766. The Kier molecular flexibility index (Phi) is 2.97. The van der Waals surface area contributed by atoms with Gasteiger partial charge >= 0.3 is 0 Å². The number of hydrogen-bond donors (Lipinski definition) is 1. The highest BCUT2D eigenvalue weighted by atomic mass is 15.3. The average Bonchev–Trinajstić information content (AvgIpc) is 3.13. The zero-order valence-electron chi connectivity index (χ0n) is 10.8. The summed E-state index contributed by atoms with van der Waals surface area (Å²) in [5.74, 6) is 2.05.